The molecule has 120 valence electrons. The van der Waals surface area contributed by atoms with Crippen molar-refractivity contribution < 1.29 is 19.1 Å². The van der Waals surface area contributed by atoms with Crippen LogP contribution >= 0.6 is 0 Å². The number of fused-ring (bicyclic) bond motifs is 1. The van der Waals surface area contributed by atoms with Gasteiger partial charge in [-0.3, -0.25) is 14.5 Å². The molecule has 9 heteroatoms. The topological polar surface area (TPSA) is 110 Å². The Labute approximate surface area is 132 Å². The summed E-state index contributed by atoms with van der Waals surface area (Å²) in [6.07, 6.45) is 4.68. The van der Waals surface area contributed by atoms with Gasteiger partial charge in [0.05, 0.1) is 33.5 Å². The number of nitriles is 1. The summed E-state index contributed by atoms with van der Waals surface area (Å²) in [6, 6.07) is 2.00. The summed E-state index contributed by atoms with van der Waals surface area (Å²) in [5.74, 6) is -0.928. The van der Waals surface area contributed by atoms with Gasteiger partial charge in [-0.2, -0.15) is 10.4 Å². The smallest absolute Gasteiger partial charge is 0.319 e. The first kappa shape index (κ1) is 16.4. The number of hydrogen-bond acceptors (Lipinski definition) is 8. The van der Waals surface area contributed by atoms with Gasteiger partial charge in [0.2, 0.25) is 0 Å². The van der Waals surface area contributed by atoms with Crippen molar-refractivity contribution in [2.24, 2.45) is 0 Å². The molecular weight excluding hydrogens is 302 g/mol. The molecule has 2 aromatic heterocycles. The van der Waals surface area contributed by atoms with Gasteiger partial charge in [0.15, 0.2) is 5.65 Å². The molecule has 0 radical (unpaired) electrons. The van der Waals surface area contributed by atoms with E-state index in [1.807, 2.05) is 6.07 Å². The van der Waals surface area contributed by atoms with Crippen molar-refractivity contribution in [3.63, 3.8) is 0 Å². The summed E-state index contributed by atoms with van der Waals surface area (Å²) < 4.78 is 10.7. The summed E-state index contributed by atoms with van der Waals surface area (Å²) >= 11 is 0. The lowest BCUT2D eigenvalue weighted by molar-refractivity contribution is -0.145. The molecule has 0 bridgehead atoms. The maximum absolute atomic E-state index is 11.5. The Morgan fingerprint density at radius 2 is 1.91 bits per heavy atom. The number of esters is 2. The van der Waals surface area contributed by atoms with E-state index in [1.165, 1.54) is 24.9 Å². The number of aromatic nitrogens is 3. The number of carbonyl (C=O) groups is 2. The fourth-order valence-corrected chi connectivity index (χ4v) is 1.99. The van der Waals surface area contributed by atoms with Gasteiger partial charge in [-0.25, -0.2) is 9.50 Å². The van der Waals surface area contributed by atoms with Gasteiger partial charge in [0.25, 0.3) is 0 Å². The van der Waals surface area contributed by atoms with Gasteiger partial charge in [-0.15, -0.1) is 0 Å². The second-order valence-electron chi connectivity index (χ2n) is 4.70. The highest BCUT2D eigenvalue weighted by atomic mass is 16.5. The van der Waals surface area contributed by atoms with Crippen molar-refractivity contribution >= 4 is 17.6 Å². The lowest BCUT2D eigenvalue weighted by Gasteiger charge is -2.19. The highest BCUT2D eigenvalue weighted by Crippen LogP contribution is 2.09. The van der Waals surface area contributed by atoms with E-state index in [2.05, 4.69) is 19.6 Å². The van der Waals surface area contributed by atoms with Crippen molar-refractivity contribution in [3.8, 4) is 6.07 Å². The highest BCUT2D eigenvalue weighted by Gasteiger charge is 2.16. The minimum absolute atomic E-state index is 0.0633. The maximum atomic E-state index is 11.5. The number of rotatable bonds is 6. The van der Waals surface area contributed by atoms with E-state index in [9.17, 15) is 9.59 Å². The molecule has 0 aliphatic rings. The van der Waals surface area contributed by atoms with Gasteiger partial charge in [-0.1, -0.05) is 0 Å². The fraction of sp³-hybridized carbons (Fsp3) is 0.357. The first-order valence-electron chi connectivity index (χ1n) is 6.65. The van der Waals surface area contributed by atoms with Crippen LogP contribution in [0.15, 0.2) is 18.6 Å². The lowest BCUT2D eigenvalue weighted by Crippen LogP contribution is -2.35. The molecule has 0 aliphatic heterocycles. The van der Waals surface area contributed by atoms with Crippen molar-refractivity contribution in [2.45, 2.75) is 6.54 Å². The zero-order valence-corrected chi connectivity index (χ0v) is 12.7. The molecule has 0 saturated carbocycles. The molecule has 0 N–H and O–H groups in total. The SMILES string of the molecule is COC(=O)CN(CC(=O)OC)Cc1cnc2c(C#N)cnn2c1. The fourth-order valence-electron chi connectivity index (χ4n) is 1.99. The molecule has 0 aliphatic carbocycles. The highest BCUT2D eigenvalue weighted by molar-refractivity contribution is 5.74. The van der Waals surface area contributed by atoms with Gasteiger partial charge in [-0.05, 0) is 0 Å². The third-order valence-corrected chi connectivity index (χ3v) is 3.10. The standard InChI is InChI=1S/C14H15N5O4/c1-22-12(20)8-18(9-13(21)23-2)6-10-4-16-14-11(3-15)5-17-19(14)7-10/h4-5,7H,6,8-9H2,1-2H3. The number of ether oxygens (including phenoxy) is 2. The van der Waals surface area contributed by atoms with E-state index in [-0.39, 0.29) is 19.6 Å². The minimum atomic E-state index is -0.464. The van der Waals surface area contributed by atoms with Crippen LogP contribution in [0.3, 0.4) is 0 Å². The zero-order chi connectivity index (χ0) is 16.8. The van der Waals surface area contributed by atoms with Crippen molar-refractivity contribution in [3.05, 3.63) is 29.7 Å². The third kappa shape index (κ3) is 4.02. The Hall–Kier alpha value is -2.99. The van der Waals surface area contributed by atoms with Crippen LogP contribution in [0.2, 0.25) is 0 Å². The van der Waals surface area contributed by atoms with Crippen LogP contribution in [-0.2, 0) is 25.6 Å². The van der Waals surface area contributed by atoms with Crippen LogP contribution in [0.25, 0.3) is 5.65 Å². The van der Waals surface area contributed by atoms with Crippen LogP contribution in [0.1, 0.15) is 11.1 Å². The zero-order valence-electron chi connectivity index (χ0n) is 12.7. The van der Waals surface area contributed by atoms with E-state index < -0.39 is 11.9 Å². The van der Waals surface area contributed by atoms with Gasteiger partial charge >= 0.3 is 11.9 Å². The molecule has 0 unspecified atom stereocenters. The van der Waals surface area contributed by atoms with Crippen molar-refractivity contribution in [1.82, 2.24) is 19.5 Å². The first-order valence-corrected chi connectivity index (χ1v) is 6.65. The molecule has 2 heterocycles. The molecule has 0 amide bonds. The summed E-state index contributed by atoms with van der Waals surface area (Å²) in [4.78, 5) is 28.7. The predicted molar refractivity (Wildman–Crippen MR) is 77.0 cm³/mol. The summed E-state index contributed by atoms with van der Waals surface area (Å²) in [5, 5.41) is 13.0. The van der Waals surface area contributed by atoms with Crippen LogP contribution in [0, 0.1) is 11.3 Å². The Morgan fingerprint density at radius 1 is 1.26 bits per heavy atom. The van der Waals surface area contributed by atoms with Crippen LogP contribution in [0.5, 0.6) is 0 Å². The predicted octanol–water partition coefficient (Wildman–Crippen LogP) is -0.251. The molecular formula is C14H15N5O4. The summed E-state index contributed by atoms with van der Waals surface area (Å²) in [6.45, 7) is 0.146. The third-order valence-electron chi connectivity index (χ3n) is 3.10. The molecule has 0 spiro atoms. The normalized spacial score (nSPS) is 10.5. The average molecular weight is 317 g/mol. The Kier molecular flexibility index (Phi) is 5.22. The van der Waals surface area contributed by atoms with Crippen molar-refractivity contribution in [1.29, 1.82) is 5.26 Å². The molecule has 2 aromatic rings. The van der Waals surface area contributed by atoms with Gasteiger partial charge in [0.1, 0.15) is 11.6 Å². The Bertz CT molecular complexity index is 746. The monoisotopic (exact) mass is 317 g/mol. The lowest BCUT2D eigenvalue weighted by atomic mass is 10.3. The number of carbonyl (C=O) groups excluding carboxylic acids is 2. The molecule has 0 saturated heterocycles. The summed E-state index contributed by atoms with van der Waals surface area (Å²) in [5.41, 5.74) is 1.54. The molecule has 9 nitrogen and oxygen atoms in total. The second-order valence-corrected chi connectivity index (χ2v) is 4.70. The van der Waals surface area contributed by atoms with Gasteiger partial charge < -0.3 is 9.47 Å². The van der Waals surface area contributed by atoms with Crippen LogP contribution < -0.4 is 0 Å². The summed E-state index contributed by atoms with van der Waals surface area (Å²) in [7, 11) is 2.55. The minimum Gasteiger partial charge on any atom is -0.468 e. The Morgan fingerprint density at radius 3 is 2.48 bits per heavy atom. The molecule has 0 atom stereocenters. The molecule has 0 fully saturated rings. The average Bonchev–Trinajstić information content (AvgIpc) is 2.96. The Balaban J connectivity index is 2.19. The largest absolute Gasteiger partial charge is 0.468 e. The molecule has 2 rings (SSSR count). The van der Waals surface area contributed by atoms with E-state index in [0.29, 0.717) is 11.2 Å². The van der Waals surface area contributed by atoms with E-state index in [4.69, 9.17) is 5.26 Å². The van der Waals surface area contributed by atoms with E-state index in [0.717, 1.165) is 5.56 Å². The van der Waals surface area contributed by atoms with Gasteiger partial charge in [0, 0.05) is 24.5 Å². The number of methoxy groups -OCH3 is 2. The number of hydrogen-bond donors (Lipinski definition) is 0. The second kappa shape index (κ2) is 7.33. The van der Waals surface area contributed by atoms with Crippen LogP contribution in [0.4, 0.5) is 0 Å². The van der Waals surface area contributed by atoms with E-state index >= 15 is 0 Å². The number of nitrogens with zero attached hydrogens (tertiary/aromatic N) is 5. The van der Waals surface area contributed by atoms with E-state index in [1.54, 1.807) is 17.3 Å². The van der Waals surface area contributed by atoms with Crippen LogP contribution in [-0.4, -0.2) is 58.7 Å². The molecule has 23 heavy (non-hydrogen) atoms. The quantitative estimate of drug-likeness (QED) is 0.671. The van der Waals surface area contributed by atoms with Crippen molar-refractivity contribution in [2.75, 3.05) is 27.3 Å². The molecule has 0 aromatic carbocycles. The first-order chi connectivity index (χ1) is 11.1. The maximum Gasteiger partial charge on any atom is 0.319 e.